The van der Waals surface area contributed by atoms with E-state index in [1.54, 1.807) is 11.7 Å². The molecule has 3 heterocycles. The molecule has 4 rings (SSSR count). The van der Waals surface area contributed by atoms with Crippen LogP contribution < -0.4 is 5.32 Å². The first kappa shape index (κ1) is 18.5. The van der Waals surface area contributed by atoms with Crippen LogP contribution in [0.5, 0.6) is 0 Å². The molecule has 1 aromatic heterocycles. The molecule has 0 unspecified atom stereocenters. The summed E-state index contributed by atoms with van der Waals surface area (Å²) in [5, 5.41) is 8.29. The number of nitrogens with zero attached hydrogens (tertiary/aromatic N) is 3. The number of fused-ring (bicyclic) bond motifs is 1. The summed E-state index contributed by atoms with van der Waals surface area (Å²) in [6, 6.07) is 10.0. The van der Waals surface area contributed by atoms with Gasteiger partial charge in [-0.05, 0) is 56.8 Å². The third-order valence-corrected chi connectivity index (χ3v) is 6.35. The summed E-state index contributed by atoms with van der Waals surface area (Å²) in [5.41, 5.74) is 2.14. The van der Waals surface area contributed by atoms with E-state index in [9.17, 15) is 4.79 Å². The van der Waals surface area contributed by atoms with Gasteiger partial charge in [0.05, 0.1) is 10.7 Å². The van der Waals surface area contributed by atoms with Gasteiger partial charge in [-0.25, -0.2) is 0 Å². The van der Waals surface area contributed by atoms with Crippen molar-refractivity contribution in [3.63, 3.8) is 0 Å². The Morgan fingerprint density at radius 3 is 2.89 bits per heavy atom. The van der Waals surface area contributed by atoms with Crippen LogP contribution in [0.3, 0.4) is 0 Å². The molecule has 5 nitrogen and oxygen atoms in total. The third kappa shape index (κ3) is 3.90. The lowest BCUT2D eigenvalue weighted by Crippen LogP contribution is -2.51. The molecule has 0 bridgehead atoms. The Kier molecular flexibility index (Phi) is 5.50. The molecule has 2 saturated heterocycles. The van der Waals surface area contributed by atoms with Crippen LogP contribution in [0.15, 0.2) is 30.3 Å². The van der Waals surface area contributed by atoms with E-state index in [1.165, 1.54) is 45.2 Å². The molecule has 1 N–H and O–H groups in total. The van der Waals surface area contributed by atoms with Crippen molar-refractivity contribution >= 4 is 17.5 Å². The quantitative estimate of drug-likeness (QED) is 0.870. The number of hydrogen-bond donors (Lipinski definition) is 1. The zero-order chi connectivity index (χ0) is 18.8. The van der Waals surface area contributed by atoms with Gasteiger partial charge in [0, 0.05) is 25.2 Å². The van der Waals surface area contributed by atoms with Crippen molar-refractivity contribution in [2.24, 2.45) is 13.0 Å². The number of nitrogens with one attached hydrogen (secondary N) is 1. The van der Waals surface area contributed by atoms with Crippen LogP contribution in [0.2, 0.25) is 5.02 Å². The van der Waals surface area contributed by atoms with Gasteiger partial charge in [-0.15, -0.1) is 0 Å². The first-order valence-corrected chi connectivity index (χ1v) is 10.3. The standard InChI is InChI=1S/C21H27ClN4O/c1-25-20(13-18(24-25)16-8-2-3-9-17(16)22)21(27)23-14-15-7-6-12-26-11-5-4-10-19(15)26/h2-3,8-9,13,15,19H,4-7,10-12,14H2,1H3,(H,23,27)/t15-,19-/m1/s1. The van der Waals surface area contributed by atoms with Crippen molar-refractivity contribution in [1.82, 2.24) is 20.0 Å². The molecule has 2 aliphatic rings. The van der Waals surface area contributed by atoms with E-state index in [2.05, 4.69) is 15.3 Å². The lowest BCUT2D eigenvalue weighted by molar-refractivity contribution is 0.0574. The van der Waals surface area contributed by atoms with Crippen LogP contribution in [-0.2, 0) is 7.05 Å². The van der Waals surface area contributed by atoms with Crippen LogP contribution in [-0.4, -0.2) is 46.3 Å². The maximum atomic E-state index is 12.8. The summed E-state index contributed by atoms with van der Waals surface area (Å²) < 4.78 is 1.64. The normalized spacial score (nSPS) is 23.0. The van der Waals surface area contributed by atoms with Crippen molar-refractivity contribution < 1.29 is 4.79 Å². The van der Waals surface area contributed by atoms with E-state index in [0.29, 0.717) is 22.7 Å². The fourth-order valence-corrected chi connectivity index (χ4v) is 4.84. The molecule has 0 aliphatic carbocycles. The fraction of sp³-hybridized carbons (Fsp3) is 0.524. The van der Waals surface area contributed by atoms with Gasteiger partial charge >= 0.3 is 0 Å². The average Bonchev–Trinajstić information content (AvgIpc) is 3.08. The van der Waals surface area contributed by atoms with Crippen molar-refractivity contribution in [2.45, 2.75) is 38.1 Å². The monoisotopic (exact) mass is 386 g/mol. The van der Waals surface area contributed by atoms with Gasteiger partial charge in [-0.2, -0.15) is 5.10 Å². The maximum absolute atomic E-state index is 12.8. The number of benzene rings is 1. The number of aromatic nitrogens is 2. The van der Waals surface area contributed by atoms with Crippen molar-refractivity contribution in [1.29, 1.82) is 0 Å². The largest absolute Gasteiger partial charge is 0.350 e. The van der Waals surface area contributed by atoms with Gasteiger partial charge < -0.3 is 10.2 Å². The SMILES string of the molecule is Cn1nc(-c2ccccc2Cl)cc1C(=O)NC[C@H]1CCCN2CCCC[C@H]12. The summed E-state index contributed by atoms with van der Waals surface area (Å²) in [5.74, 6) is 0.496. The Morgan fingerprint density at radius 1 is 1.22 bits per heavy atom. The van der Waals surface area contributed by atoms with E-state index in [-0.39, 0.29) is 5.91 Å². The van der Waals surface area contributed by atoms with Gasteiger partial charge in [0.15, 0.2) is 0 Å². The molecule has 2 aliphatic heterocycles. The number of amides is 1. The van der Waals surface area contributed by atoms with Crippen molar-refractivity contribution in [3.05, 3.63) is 41.0 Å². The number of carbonyl (C=O) groups is 1. The van der Waals surface area contributed by atoms with Gasteiger partial charge in [0.2, 0.25) is 0 Å². The van der Waals surface area contributed by atoms with E-state index >= 15 is 0 Å². The molecular formula is C21H27ClN4O. The van der Waals surface area contributed by atoms with Crippen LogP contribution >= 0.6 is 11.6 Å². The number of aryl methyl sites for hydroxylation is 1. The lowest BCUT2D eigenvalue weighted by Gasteiger charge is -2.44. The minimum atomic E-state index is -0.0590. The molecule has 2 atom stereocenters. The van der Waals surface area contributed by atoms with Crippen LogP contribution in [0.25, 0.3) is 11.3 Å². The van der Waals surface area contributed by atoms with Crippen molar-refractivity contribution in [3.8, 4) is 11.3 Å². The number of carbonyl (C=O) groups excluding carboxylic acids is 1. The molecule has 2 fully saturated rings. The highest BCUT2D eigenvalue weighted by molar-refractivity contribution is 6.33. The maximum Gasteiger partial charge on any atom is 0.269 e. The average molecular weight is 387 g/mol. The molecule has 1 amide bonds. The van der Waals surface area contributed by atoms with E-state index in [4.69, 9.17) is 11.6 Å². The molecule has 1 aromatic carbocycles. The highest BCUT2D eigenvalue weighted by Gasteiger charge is 2.33. The molecule has 0 radical (unpaired) electrons. The Balaban J connectivity index is 1.43. The summed E-state index contributed by atoms with van der Waals surface area (Å²) >= 11 is 6.27. The Labute approximate surface area is 165 Å². The van der Waals surface area contributed by atoms with Gasteiger partial charge in [0.25, 0.3) is 5.91 Å². The highest BCUT2D eigenvalue weighted by Crippen LogP contribution is 2.30. The Bertz CT molecular complexity index is 816. The molecule has 27 heavy (non-hydrogen) atoms. The predicted octanol–water partition coefficient (Wildman–Crippen LogP) is 3.73. The molecule has 6 heteroatoms. The molecule has 0 saturated carbocycles. The van der Waals surface area contributed by atoms with Gasteiger partial charge in [0.1, 0.15) is 5.69 Å². The Hall–Kier alpha value is -1.85. The van der Waals surface area contributed by atoms with Crippen LogP contribution in [0.4, 0.5) is 0 Å². The topological polar surface area (TPSA) is 50.2 Å². The van der Waals surface area contributed by atoms with Gasteiger partial charge in [-0.3, -0.25) is 9.48 Å². The Morgan fingerprint density at radius 2 is 2.04 bits per heavy atom. The zero-order valence-corrected chi connectivity index (χ0v) is 16.6. The van der Waals surface area contributed by atoms with E-state index in [0.717, 1.165) is 17.8 Å². The first-order valence-electron chi connectivity index (χ1n) is 9.94. The van der Waals surface area contributed by atoms with E-state index < -0.39 is 0 Å². The van der Waals surface area contributed by atoms with Crippen LogP contribution in [0.1, 0.15) is 42.6 Å². The second-order valence-electron chi connectivity index (χ2n) is 7.73. The molecular weight excluding hydrogens is 360 g/mol. The minimum Gasteiger partial charge on any atom is -0.350 e. The molecule has 2 aromatic rings. The van der Waals surface area contributed by atoms with Gasteiger partial charge in [-0.1, -0.05) is 36.2 Å². The second kappa shape index (κ2) is 8.03. The summed E-state index contributed by atoms with van der Waals surface area (Å²) in [6.07, 6.45) is 6.34. The first-order chi connectivity index (χ1) is 13.1. The molecule has 0 spiro atoms. The smallest absolute Gasteiger partial charge is 0.269 e. The fourth-order valence-electron chi connectivity index (χ4n) is 4.61. The summed E-state index contributed by atoms with van der Waals surface area (Å²) in [6.45, 7) is 3.18. The summed E-state index contributed by atoms with van der Waals surface area (Å²) in [7, 11) is 1.80. The predicted molar refractivity (Wildman–Crippen MR) is 108 cm³/mol. The number of rotatable bonds is 4. The molecule has 144 valence electrons. The second-order valence-corrected chi connectivity index (χ2v) is 8.14. The number of piperidine rings is 2. The number of hydrogen-bond acceptors (Lipinski definition) is 3. The van der Waals surface area contributed by atoms with E-state index in [1.807, 2.05) is 30.3 Å². The third-order valence-electron chi connectivity index (χ3n) is 6.02. The summed E-state index contributed by atoms with van der Waals surface area (Å²) in [4.78, 5) is 15.4. The van der Waals surface area contributed by atoms with Crippen LogP contribution in [0, 0.1) is 5.92 Å². The highest BCUT2D eigenvalue weighted by atomic mass is 35.5. The minimum absolute atomic E-state index is 0.0590. The number of halogens is 1. The van der Waals surface area contributed by atoms with Crippen molar-refractivity contribution in [2.75, 3.05) is 19.6 Å². The lowest BCUT2D eigenvalue weighted by atomic mass is 9.83. The zero-order valence-electron chi connectivity index (χ0n) is 15.8.